The van der Waals surface area contributed by atoms with Gasteiger partial charge < -0.3 is 9.47 Å². The summed E-state index contributed by atoms with van der Waals surface area (Å²) in [7, 11) is 1.30. The molecule has 0 saturated heterocycles. The van der Waals surface area contributed by atoms with E-state index in [2.05, 4.69) is 4.98 Å². The van der Waals surface area contributed by atoms with Crippen molar-refractivity contribution in [1.82, 2.24) is 4.98 Å². The molecule has 106 valence electrons. The average molecular weight is 294 g/mol. The highest BCUT2D eigenvalue weighted by molar-refractivity contribution is 6.16. The molecule has 0 radical (unpaired) electrons. The second-order valence-electron chi connectivity index (χ2n) is 3.61. The van der Waals surface area contributed by atoms with E-state index in [0.29, 0.717) is 0 Å². The molecule has 0 aliphatic rings. The molecule has 0 unspecified atom stereocenters. The second kappa shape index (κ2) is 7.23. The number of hydrogen-bond donors (Lipinski definition) is 0. The molecular formula is C12H14ClF2NO3. The third-order valence-corrected chi connectivity index (χ3v) is 2.64. The fraction of sp³-hybridized carbons (Fsp3) is 0.500. The number of ether oxygens (including phenoxy) is 2. The summed E-state index contributed by atoms with van der Waals surface area (Å²) in [5.41, 5.74) is -0.0122. The van der Waals surface area contributed by atoms with E-state index >= 15 is 0 Å². The number of pyridine rings is 1. The maximum atomic E-state index is 13.0. The highest BCUT2D eigenvalue weighted by Crippen LogP contribution is 2.30. The van der Waals surface area contributed by atoms with Crippen molar-refractivity contribution >= 4 is 17.6 Å². The Morgan fingerprint density at radius 1 is 1.53 bits per heavy atom. The van der Waals surface area contributed by atoms with E-state index in [-0.39, 0.29) is 41.6 Å². The van der Waals surface area contributed by atoms with Crippen LogP contribution in [0.15, 0.2) is 6.07 Å². The number of esters is 1. The monoisotopic (exact) mass is 293 g/mol. The fourth-order valence-electron chi connectivity index (χ4n) is 1.59. The van der Waals surface area contributed by atoms with Crippen LogP contribution in [0.3, 0.4) is 0 Å². The molecule has 1 rings (SSSR count). The van der Waals surface area contributed by atoms with E-state index in [0.717, 1.165) is 0 Å². The third kappa shape index (κ3) is 4.02. The number of halogens is 3. The van der Waals surface area contributed by atoms with Crippen molar-refractivity contribution < 1.29 is 23.0 Å². The number of hydrogen-bond acceptors (Lipinski definition) is 4. The Kier molecular flexibility index (Phi) is 5.95. The molecule has 0 N–H and O–H groups in total. The van der Waals surface area contributed by atoms with Crippen molar-refractivity contribution in [2.75, 3.05) is 13.7 Å². The van der Waals surface area contributed by atoms with Gasteiger partial charge in [-0.25, -0.2) is 13.8 Å². The number of methoxy groups -OCH3 is 1. The molecule has 0 atom stereocenters. The molecule has 1 aromatic heterocycles. The Balaban J connectivity index is 3.21. The van der Waals surface area contributed by atoms with Crippen LogP contribution in [0, 0.1) is 0 Å². The molecule has 0 spiro atoms. The molecule has 0 amide bonds. The lowest BCUT2D eigenvalue weighted by Gasteiger charge is -2.13. The van der Waals surface area contributed by atoms with Crippen molar-refractivity contribution in [2.24, 2.45) is 0 Å². The normalized spacial score (nSPS) is 10.6. The Bertz CT molecular complexity index is 455. The van der Waals surface area contributed by atoms with Crippen LogP contribution < -0.4 is 4.74 Å². The average Bonchev–Trinajstić information content (AvgIpc) is 2.38. The van der Waals surface area contributed by atoms with Gasteiger partial charge in [0.05, 0.1) is 31.7 Å². The second-order valence-corrected chi connectivity index (χ2v) is 3.87. The van der Waals surface area contributed by atoms with Crippen LogP contribution in [0.2, 0.25) is 0 Å². The Morgan fingerprint density at radius 2 is 2.21 bits per heavy atom. The maximum absolute atomic E-state index is 13.0. The Labute approximate surface area is 114 Å². The molecule has 7 heteroatoms. The van der Waals surface area contributed by atoms with E-state index in [9.17, 15) is 13.6 Å². The van der Waals surface area contributed by atoms with Gasteiger partial charge in [0, 0.05) is 11.1 Å². The molecule has 19 heavy (non-hydrogen) atoms. The van der Waals surface area contributed by atoms with Gasteiger partial charge in [-0.1, -0.05) is 0 Å². The first kappa shape index (κ1) is 15.6. The minimum Gasteiger partial charge on any atom is -0.481 e. The van der Waals surface area contributed by atoms with Crippen LogP contribution in [0.4, 0.5) is 8.78 Å². The van der Waals surface area contributed by atoms with E-state index in [1.807, 2.05) is 0 Å². The minimum absolute atomic E-state index is 0.0181. The van der Waals surface area contributed by atoms with Crippen LogP contribution >= 0.6 is 11.6 Å². The number of aromatic nitrogens is 1. The first-order valence-corrected chi connectivity index (χ1v) is 6.13. The van der Waals surface area contributed by atoms with Gasteiger partial charge in [-0.2, -0.15) is 0 Å². The molecular weight excluding hydrogens is 280 g/mol. The van der Waals surface area contributed by atoms with E-state index in [1.165, 1.54) is 13.2 Å². The Morgan fingerprint density at radius 3 is 2.68 bits per heavy atom. The summed E-state index contributed by atoms with van der Waals surface area (Å²) < 4.78 is 35.7. The van der Waals surface area contributed by atoms with Gasteiger partial charge in [0.15, 0.2) is 0 Å². The number of alkyl halides is 3. The molecule has 1 aromatic rings. The topological polar surface area (TPSA) is 48.4 Å². The van der Waals surface area contributed by atoms with Crippen molar-refractivity contribution in [3.8, 4) is 5.88 Å². The summed E-state index contributed by atoms with van der Waals surface area (Å²) in [4.78, 5) is 15.4. The van der Waals surface area contributed by atoms with Gasteiger partial charge in [-0.05, 0) is 13.0 Å². The van der Waals surface area contributed by atoms with Crippen LogP contribution in [-0.4, -0.2) is 24.7 Å². The summed E-state index contributed by atoms with van der Waals surface area (Å²) in [6.07, 6.45) is -3.06. The number of rotatable bonds is 6. The smallest absolute Gasteiger partial charge is 0.310 e. The number of carbonyl (C=O) groups excluding carboxylic acids is 1. The lowest BCUT2D eigenvalue weighted by atomic mass is 10.1. The lowest BCUT2D eigenvalue weighted by molar-refractivity contribution is -0.142. The molecule has 0 bridgehead atoms. The van der Waals surface area contributed by atoms with Gasteiger partial charge in [0.2, 0.25) is 5.88 Å². The zero-order chi connectivity index (χ0) is 14.4. The maximum Gasteiger partial charge on any atom is 0.310 e. The molecule has 0 aliphatic heterocycles. The SMILES string of the molecule is CCOC(=O)Cc1c(C(F)F)cc(CCl)nc1OC. The van der Waals surface area contributed by atoms with Gasteiger partial charge in [0.1, 0.15) is 0 Å². The fourth-order valence-corrected chi connectivity index (χ4v) is 1.72. The molecule has 1 heterocycles. The molecule has 4 nitrogen and oxygen atoms in total. The predicted octanol–water partition coefficient (Wildman–Crippen LogP) is 2.87. The van der Waals surface area contributed by atoms with E-state index in [1.54, 1.807) is 6.92 Å². The number of carbonyl (C=O) groups is 1. The van der Waals surface area contributed by atoms with Gasteiger partial charge in [-0.15, -0.1) is 11.6 Å². The van der Waals surface area contributed by atoms with Crippen molar-refractivity contribution in [3.63, 3.8) is 0 Å². The minimum atomic E-state index is -2.75. The lowest BCUT2D eigenvalue weighted by Crippen LogP contribution is -2.12. The summed E-state index contributed by atoms with van der Waals surface area (Å²) in [5.74, 6) is -0.653. The van der Waals surface area contributed by atoms with Gasteiger partial charge in [-0.3, -0.25) is 4.79 Å². The standard InChI is InChI=1S/C12H14ClF2NO3/c1-3-19-10(17)5-9-8(11(14)15)4-7(6-13)16-12(9)18-2/h4,11H,3,5-6H2,1-2H3. The molecule has 0 saturated carbocycles. The number of nitrogens with zero attached hydrogens (tertiary/aromatic N) is 1. The first-order valence-electron chi connectivity index (χ1n) is 5.59. The summed E-state index contributed by atoms with van der Waals surface area (Å²) in [5, 5.41) is 0. The zero-order valence-electron chi connectivity index (χ0n) is 10.6. The van der Waals surface area contributed by atoms with Gasteiger partial charge >= 0.3 is 5.97 Å². The molecule has 0 aliphatic carbocycles. The highest BCUT2D eigenvalue weighted by atomic mass is 35.5. The largest absolute Gasteiger partial charge is 0.481 e. The summed E-state index contributed by atoms with van der Waals surface area (Å²) >= 11 is 5.59. The zero-order valence-corrected chi connectivity index (χ0v) is 11.3. The van der Waals surface area contributed by atoms with Crippen LogP contribution in [0.1, 0.15) is 30.2 Å². The quantitative estimate of drug-likeness (QED) is 0.598. The van der Waals surface area contributed by atoms with Crippen LogP contribution in [0.25, 0.3) is 0 Å². The van der Waals surface area contributed by atoms with E-state index in [4.69, 9.17) is 21.1 Å². The predicted molar refractivity (Wildman–Crippen MR) is 65.6 cm³/mol. The van der Waals surface area contributed by atoms with Crippen molar-refractivity contribution in [2.45, 2.75) is 25.7 Å². The summed E-state index contributed by atoms with van der Waals surface area (Å²) in [6, 6.07) is 1.18. The Hall–Kier alpha value is -1.43. The highest BCUT2D eigenvalue weighted by Gasteiger charge is 2.22. The first-order chi connectivity index (χ1) is 9.03. The van der Waals surface area contributed by atoms with Gasteiger partial charge in [0.25, 0.3) is 6.43 Å². The van der Waals surface area contributed by atoms with Crippen LogP contribution in [0.5, 0.6) is 5.88 Å². The molecule has 0 fully saturated rings. The van der Waals surface area contributed by atoms with E-state index < -0.39 is 12.4 Å². The third-order valence-electron chi connectivity index (χ3n) is 2.37. The van der Waals surface area contributed by atoms with Crippen molar-refractivity contribution in [1.29, 1.82) is 0 Å². The van der Waals surface area contributed by atoms with Crippen LogP contribution in [-0.2, 0) is 21.8 Å². The molecule has 0 aromatic carbocycles. The summed E-state index contributed by atoms with van der Waals surface area (Å²) in [6.45, 7) is 1.82. The van der Waals surface area contributed by atoms with Crippen molar-refractivity contribution in [3.05, 3.63) is 22.9 Å².